The van der Waals surface area contributed by atoms with Gasteiger partial charge in [0.2, 0.25) is 11.8 Å². The summed E-state index contributed by atoms with van der Waals surface area (Å²) in [7, 11) is 0. The predicted molar refractivity (Wildman–Crippen MR) is 79.9 cm³/mol. The molecule has 2 amide bonds. The zero-order valence-electron chi connectivity index (χ0n) is 11.8. The van der Waals surface area contributed by atoms with Crippen LogP contribution < -0.4 is 10.2 Å². The summed E-state index contributed by atoms with van der Waals surface area (Å²) in [6, 6.07) is 5.43. The van der Waals surface area contributed by atoms with E-state index in [1.807, 2.05) is 19.1 Å². The second kappa shape index (κ2) is 6.27. The van der Waals surface area contributed by atoms with E-state index in [2.05, 4.69) is 5.32 Å². The number of benzene rings is 1. The first-order valence-corrected chi connectivity index (χ1v) is 7.19. The lowest BCUT2D eigenvalue weighted by Crippen LogP contribution is -2.38. The van der Waals surface area contributed by atoms with Gasteiger partial charge >= 0.3 is 0 Å². The third-order valence-corrected chi connectivity index (χ3v) is 3.65. The van der Waals surface area contributed by atoms with Crippen molar-refractivity contribution >= 4 is 29.1 Å². The van der Waals surface area contributed by atoms with Crippen molar-refractivity contribution < 1.29 is 9.59 Å². The highest BCUT2D eigenvalue weighted by Crippen LogP contribution is 2.28. The van der Waals surface area contributed by atoms with Crippen molar-refractivity contribution in [1.29, 1.82) is 0 Å². The van der Waals surface area contributed by atoms with Gasteiger partial charge in [-0.15, -0.1) is 0 Å². The number of carbonyl (C=O) groups is 2. The number of anilines is 1. The molecule has 2 rings (SSSR count). The van der Waals surface area contributed by atoms with Crippen LogP contribution in [0.5, 0.6) is 0 Å². The molecule has 0 spiro atoms. The Labute approximate surface area is 124 Å². The first-order chi connectivity index (χ1) is 9.49. The van der Waals surface area contributed by atoms with Crippen LogP contribution in [0.2, 0.25) is 5.02 Å². The Balaban J connectivity index is 1.99. The van der Waals surface area contributed by atoms with Crippen molar-refractivity contribution in [1.82, 2.24) is 5.32 Å². The monoisotopic (exact) mass is 294 g/mol. The van der Waals surface area contributed by atoms with Gasteiger partial charge in [-0.2, -0.15) is 0 Å². The Kier molecular flexibility index (Phi) is 4.65. The van der Waals surface area contributed by atoms with Crippen molar-refractivity contribution in [3.8, 4) is 0 Å². The van der Waals surface area contributed by atoms with Crippen LogP contribution in [-0.2, 0) is 9.59 Å². The minimum Gasteiger partial charge on any atom is -0.354 e. The van der Waals surface area contributed by atoms with Gasteiger partial charge in [-0.1, -0.05) is 11.6 Å². The van der Waals surface area contributed by atoms with Crippen molar-refractivity contribution in [3.05, 3.63) is 28.8 Å². The molecule has 1 fully saturated rings. The highest BCUT2D eigenvalue weighted by Gasteiger charge is 2.29. The maximum Gasteiger partial charge on any atom is 0.223 e. The summed E-state index contributed by atoms with van der Waals surface area (Å²) in [6.45, 7) is 4.38. The highest BCUT2D eigenvalue weighted by molar-refractivity contribution is 6.30. The van der Waals surface area contributed by atoms with E-state index in [0.717, 1.165) is 24.1 Å². The first-order valence-electron chi connectivity index (χ1n) is 6.81. The van der Waals surface area contributed by atoms with Gasteiger partial charge < -0.3 is 10.2 Å². The second-order valence-electron chi connectivity index (χ2n) is 5.17. The molecule has 0 bridgehead atoms. The molecule has 1 aromatic carbocycles. The summed E-state index contributed by atoms with van der Waals surface area (Å²) in [5.41, 5.74) is 1.78. The SMILES string of the molecule is CC(=O)N(CCNC(=O)C1CC1)c1ccc(Cl)cc1C. The van der Waals surface area contributed by atoms with Crippen LogP contribution in [0, 0.1) is 12.8 Å². The van der Waals surface area contributed by atoms with E-state index in [0.29, 0.717) is 18.1 Å². The molecule has 1 aliphatic rings. The van der Waals surface area contributed by atoms with Gasteiger partial charge in [0.1, 0.15) is 0 Å². The molecular weight excluding hydrogens is 276 g/mol. The number of rotatable bonds is 5. The number of halogens is 1. The van der Waals surface area contributed by atoms with Gasteiger partial charge in [0.15, 0.2) is 0 Å². The van der Waals surface area contributed by atoms with E-state index in [4.69, 9.17) is 11.6 Å². The quantitative estimate of drug-likeness (QED) is 0.907. The molecule has 1 aliphatic carbocycles. The number of amides is 2. The summed E-state index contributed by atoms with van der Waals surface area (Å²) in [6.07, 6.45) is 1.97. The van der Waals surface area contributed by atoms with E-state index in [9.17, 15) is 9.59 Å². The van der Waals surface area contributed by atoms with E-state index in [1.54, 1.807) is 11.0 Å². The van der Waals surface area contributed by atoms with E-state index >= 15 is 0 Å². The van der Waals surface area contributed by atoms with Gasteiger partial charge in [0.25, 0.3) is 0 Å². The van der Waals surface area contributed by atoms with Crippen molar-refractivity contribution in [2.24, 2.45) is 5.92 Å². The number of carbonyl (C=O) groups excluding carboxylic acids is 2. The van der Waals surface area contributed by atoms with Gasteiger partial charge in [-0.05, 0) is 43.5 Å². The third kappa shape index (κ3) is 3.73. The van der Waals surface area contributed by atoms with Crippen LogP contribution in [0.1, 0.15) is 25.3 Å². The van der Waals surface area contributed by atoms with Crippen molar-refractivity contribution in [2.45, 2.75) is 26.7 Å². The average Bonchev–Trinajstić information content (AvgIpc) is 3.19. The molecule has 0 saturated heterocycles. The summed E-state index contributed by atoms with van der Waals surface area (Å²) in [5.74, 6) is 0.246. The number of nitrogens with one attached hydrogen (secondary N) is 1. The van der Waals surface area contributed by atoms with Gasteiger partial charge in [-0.3, -0.25) is 9.59 Å². The van der Waals surface area contributed by atoms with E-state index in [-0.39, 0.29) is 17.7 Å². The molecule has 1 aromatic rings. The zero-order valence-corrected chi connectivity index (χ0v) is 12.5. The molecule has 0 radical (unpaired) electrons. The normalized spacial score (nSPS) is 13.9. The fourth-order valence-corrected chi connectivity index (χ4v) is 2.38. The van der Waals surface area contributed by atoms with Crippen LogP contribution in [0.3, 0.4) is 0 Å². The number of nitrogens with zero attached hydrogens (tertiary/aromatic N) is 1. The molecule has 0 heterocycles. The molecule has 1 N–H and O–H groups in total. The molecule has 20 heavy (non-hydrogen) atoms. The van der Waals surface area contributed by atoms with Crippen molar-refractivity contribution in [2.75, 3.05) is 18.0 Å². The summed E-state index contributed by atoms with van der Waals surface area (Å²) in [5, 5.41) is 3.52. The Morgan fingerprint density at radius 1 is 1.40 bits per heavy atom. The van der Waals surface area contributed by atoms with Crippen LogP contribution >= 0.6 is 11.6 Å². The average molecular weight is 295 g/mol. The predicted octanol–water partition coefficient (Wildman–Crippen LogP) is 2.53. The molecule has 5 heteroatoms. The zero-order chi connectivity index (χ0) is 14.7. The van der Waals surface area contributed by atoms with Gasteiger partial charge in [0.05, 0.1) is 0 Å². The van der Waals surface area contributed by atoms with Crippen molar-refractivity contribution in [3.63, 3.8) is 0 Å². The number of hydrogen-bond donors (Lipinski definition) is 1. The smallest absolute Gasteiger partial charge is 0.223 e. The van der Waals surface area contributed by atoms with Crippen LogP contribution in [0.4, 0.5) is 5.69 Å². The fraction of sp³-hybridized carbons (Fsp3) is 0.467. The third-order valence-electron chi connectivity index (χ3n) is 3.41. The van der Waals surface area contributed by atoms with E-state index in [1.165, 1.54) is 6.92 Å². The molecular formula is C15H19ClN2O2. The lowest BCUT2D eigenvalue weighted by atomic mass is 10.2. The second-order valence-corrected chi connectivity index (χ2v) is 5.60. The summed E-state index contributed by atoms with van der Waals surface area (Å²) in [4.78, 5) is 25.0. The largest absolute Gasteiger partial charge is 0.354 e. The molecule has 0 aliphatic heterocycles. The number of hydrogen-bond acceptors (Lipinski definition) is 2. The Bertz CT molecular complexity index is 527. The lowest BCUT2D eigenvalue weighted by molar-refractivity contribution is -0.122. The number of aryl methyl sites for hydroxylation is 1. The van der Waals surface area contributed by atoms with E-state index < -0.39 is 0 Å². The Morgan fingerprint density at radius 2 is 2.10 bits per heavy atom. The maximum absolute atomic E-state index is 11.8. The minimum atomic E-state index is -0.0453. The van der Waals surface area contributed by atoms with Gasteiger partial charge in [0, 0.05) is 36.6 Å². The van der Waals surface area contributed by atoms with Crippen LogP contribution in [0.15, 0.2) is 18.2 Å². The summed E-state index contributed by atoms with van der Waals surface area (Å²) < 4.78 is 0. The lowest BCUT2D eigenvalue weighted by Gasteiger charge is -2.23. The molecule has 108 valence electrons. The fourth-order valence-electron chi connectivity index (χ4n) is 2.15. The molecule has 4 nitrogen and oxygen atoms in total. The minimum absolute atomic E-state index is 0.0453. The Morgan fingerprint density at radius 3 is 2.65 bits per heavy atom. The molecule has 1 saturated carbocycles. The first kappa shape index (κ1) is 14.9. The molecule has 0 atom stereocenters. The maximum atomic E-state index is 11.8. The topological polar surface area (TPSA) is 49.4 Å². The highest BCUT2D eigenvalue weighted by atomic mass is 35.5. The van der Waals surface area contributed by atoms with Crippen LogP contribution in [0.25, 0.3) is 0 Å². The van der Waals surface area contributed by atoms with Crippen LogP contribution in [-0.4, -0.2) is 24.9 Å². The Hall–Kier alpha value is -1.55. The molecule has 0 aromatic heterocycles. The summed E-state index contributed by atoms with van der Waals surface area (Å²) >= 11 is 5.93. The standard InChI is InChI=1S/C15H19ClN2O2/c1-10-9-13(16)5-6-14(10)18(11(2)19)8-7-17-15(20)12-3-4-12/h5-6,9,12H,3-4,7-8H2,1-2H3,(H,17,20). The van der Waals surface area contributed by atoms with Gasteiger partial charge in [-0.25, -0.2) is 0 Å². The molecule has 0 unspecified atom stereocenters.